The van der Waals surface area contributed by atoms with Crippen LogP contribution in [-0.2, 0) is 6.54 Å². The highest BCUT2D eigenvalue weighted by atomic mass is 16.6. The van der Waals surface area contributed by atoms with Crippen molar-refractivity contribution < 1.29 is 9.72 Å². The number of carbonyl (C=O) groups excluding carboxylic acids is 1. The lowest BCUT2D eigenvalue weighted by atomic mass is 10.1. The Bertz CT molecular complexity index is 1150. The minimum Gasteiger partial charge on any atom is -0.322 e. The van der Waals surface area contributed by atoms with E-state index in [0.29, 0.717) is 17.9 Å². The molecule has 0 spiro atoms. The maximum Gasteiger partial charge on any atom is 0.294 e. The van der Waals surface area contributed by atoms with Crippen molar-refractivity contribution in [1.29, 1.82) is 0 Å². The Kier molecular flexibility index (Phi) is 4.85. The topological polar surface area (TPSA) is 108 Å². The zero-order chi connectivity index (χ0) is 20.2. The summed E-state index contributed by atoms with van der Waals surface area (Å²) < 4.78 is 3.30. The molecule has 9 nitrogen and oxygen atoms in total. The van der Waals surface area contributed by atoms with Crippen molar-refractivity contribution in [3.8, 4) is 5.69 Å². The number of nitrogens with one attached hydrogen (secondary N) is 1. The van der Waals surface area contributed by atoms with E-state index in [4.69, 9.17) is 0 Å². The Labute approximate surface area is 165 Å². The summed E-state index contributed by atoms with van der Waals surface area (Å²) in [5.74, 6) is -0.429. The summed E-state index contributed by atoms with van der Waals surface area (Å²) >= 11 is 0. The molecule has 4 rings (SSSR count). The molecule has 2 heterocycles. The van der Waals surface area contributed by atoms with Crippen LogP contribution in [0.2, 0.25) is 0 Å². The molecule has 2 aromatic heterocycles. The van der Waals surface area contributed by atoms with Crippen LogP contribution in [0.15, 0.2) is 79.6 Å². The lowest BCUT2D eigenvalue weighted by Crippen LogP contribution is -2.13. The largest absolute Gasteiger partial charge is 0.322 e. The predicted octanol–water partition coefficient (Wildman–Crippen LogP) is 3.28. The van der Waals surface area contributed by atoms with Gasteiger partial charge in [0.1, 0.15) is 5.69 Å². The molecule has 0 atom stereocenters. The molecular formula is C20H16N6O3. The zero-order valence-electron chi connectivity index (χ0n) is 15.2. The van der Waals surface area contributed by atoms with Crippen molar-refractivity contribution >= 4 is 17.3 Å². The van der Waals surface area contributed by atoms with E-state index in [1.807, 2.05) is 30.5 Å². The number of imidazole rings is 1. The number of rotatable bonds is 6. The fraction of sp³-hybridized carbons (Fsp3) is 0.0500. The second-order valence-electron chi connectivity index (χ2n) is 6.29. The Morgan fingerprint density at radius 2 is 2.00 bits per heavy atom. The van der Waals surface area contributed by atoms with E-state index in [9.17, 15) is 14.9 Å². The monoisotopic (exact) mass is 388 g/mol. The SMILES string of the molecule is O=C(Nc1cccc(Cn2cccn2)c1)c1ccc(-n2ccnc2)c([N+](=O)[O-])c1. The molecule has 4 aromatic rings. The van der Waals surface area contributed by atoms with Crippen LogP contribution in [-0.4, -0.2) is 30.2 Å². The molecule has 0 aliphatic heterocycles. The molecule has 2 aromatic carbocycles. The smallest absolute Gasteiger partial charge is 0.294 e. The first-order valence-corrected chi connectivity index (χ1v) is 8.74. The fourth-order valence-electron chi connectivity index (χ4n) is 2.96. The molecule has 0 radical (unpaired) electrons. The number of amides is 1. The highest BCUT2D eigenvalue weighted by Gasteiger charge is 2.19. The third-order valence-electron chi connectivity index (χ3n) is 4.31. The van der Waals surface area contributed by atoms with E-state index in [1.165, 1.54) is 29.2 Å². The number of nitro benzene ring substituents is 1. The van der Waals surface area contributed by atoms with Gasteiger partial charge in [0.2, 0.25) is 0 Å². The molecule has 0 saturated heterocycles. The van der Waals surface area contributed by atoms with Crippen LogP contribution < -0.4 is 5.32 Å². The van der Waals surface area contributed by atoms with Gasteiger partial charge in [-0.15, -0.1) is 0 Å². The standard InChI is InChI=1S/C20H16N6O3/c27-20(23-17-4-1-3-15(11-17)13-25-9-2-7-22-25)16-5-6-18(19(12-16)26(28)29)24-10-8-21-14-24/h1-12,14H,13H2,(H,23,27). The predicted molar refractivity (Wildman–Crippen MR) is 106 cm³/mol. The fourth-order valence-corrected chi connectivity index (χ4v) is 2.96. The molecule has 0 aliphatic rings. The number of carbonyl (C=O) groups is 1. The van der Waals surface area contributed by atoms with Crippen LogP contribution in [0.25, 0.3) is 5.69 Å². The average Bonchev–Trinajstić information content (AvgIpc) is 3.42. The second-order valence-corrected chi connectivity index (χ2v) is 6.29. The summed E-state index contributed by atoms with van der Waals surface area (Å²) in [6.45, 7) is 0.571. The maximum atomic E-state index is 12.6. The Hall–Kier alpha value is -4.27. The summed E-state index contributed by atoms with van der Waals surface area (Å²) in [6, 6.07) is 13.5. The Balaban J connectivity index is 1.56. The molecule has 0 fully saturated rings. The zero-order valence-corrected chi connectivity index (χ0v) is 15.2. The molecule has 1 N–H and O–H groups in total. The van der Waals surface area contributed by atoms with Gasteiger partial charge >= 0.3 is 0 Å². The number of nitro groups is 1. The number of hydrogen-bond acceptors (Lipinski definition) is 5. The van der Waals surface area contributed by atoms with Crippen molar-refractivity contribution in [2.45, 2.75) is 6.54 Å². The summed E-state index contributed by atoms with van der Waals surface area (Å²) in [7, 11) is 0. The van der Waals surface area contributed by atoms with Gasteiger partial charge in [-0.1, -0.05) is 12.1 Å². The second kappa shape index (κ2) is 7.77. The van der Waals surface area contributed by atoms with Crippen molar-refractivity contribution in [3.05, 3.63) is 101 Å². The minimum atomic E-state index is -0.517. The number of benzene rings is 2. The lowest BCUT2D eigenvalue weighted by Gasteiger charge is -2.09. The highest BCUT2D eigenvalue weighted by Crippen LogP contribution is 2.25. The first-order valence-electron chi connectivity index (χ1n) is 8.74. The summed E-state index contributed by atoms with van der Waals surface area (Å²) in [4.78, 5) is 27.5. The van der Waals surface area contributed by atoms with Crippen LogP contribution in [0.1, 0.15) is 15.9 Å². The van der Waals surface area contributed by atoms with Crippen molar-refractivity contribution in [1.82, 2.24) is 19.3 Å². The summed E-state index contributed by atoms with van der Waals surface area (Å²) in [5.41, 5.74) is 1.92. The third kappa shape index (κ3) is 4.03. The van der Waals surface area contributed by atoms with Crippen molar-refractivity contribution in [3.63, 3.8) is 0 Å². The average molecular weight is 388 g/mol. The van der Waals surface area contributed by atoms with Crippen LogP contribution in [0.5, 0.6) is 0 Å². The normalized spacial score (nSPS) is 10.6. The molecule has 0 bridgehead atoms. The first-order chi connectivity index (χ1) is 14.1. The van der Waals surface area contributed by atoms with Gasteiger partial charge < -0.3 is 9.88 Å². The number of aromatic nitrogens is 4. The summed E-state index contributed by atoms with van der Waals surface area (Å²) in [5, 5.41) is 18.4. The molecular weight excluding hydrogens is 372 g/mol. The third-order valence-corrected chi connectivity index (χ3v) is 4.31. The number of anilines is 1. The molecule has 9 heteroatoms. The Morgan fingerprint density at radius 1 is 1.10 bits per heavy atom. The van der Waals surface area contributed by atoms with Gasteiger partial charge in [0.05, 0.1) is 17.8 Å². The molecule has 0 saturated carbocycles. The first kappa shape index (κ1) is 18.1. The van der Waals surface area contributed by atoms with Crippen LogP contribution in [0.4, 0.5) is 11.4 Å². The van der Waals surface area contributed by atoms with Gasteiger partial charge in [-0.3, -0.25) is 19.6 Å². The maximum absolute atomic E-state index is 12.6. The van der Waals surface area contributed by atoms with E-state index < -0.39 is 10.8 Å². The summed E-state index contributed by atoms with van der Waals surface area (Å²) in [6.07, 6.45) is 8.15. The Morgan fingerprint density at radius 3 is 2.72 bits per heavy atom. The minimum absolute atomic E-state index is 0.178. The molecule has 1 amide bonds. The van der Waals surface area contributed by atoms with Crippen LogP contribution in [0.3, 0.4) is 0 Å². The van der Waals surface area contributed by atoms with Crippen molar-refractivity contribution in [2.75, 3.05) is 5.32 Å². The van der Waals surface area contributed by atoms with E-state index in [-0.39, 0.29) is 11.3 Å². The lowest BCUT2D eigenvalue weighted by molar-refractivity contribution is -0.384. The van der Waals surface area contributed by atoms with Crippen LogP contribution in [0, 0.1) is 10.1 Å². The van der Waals surface area contributed by atoms with E-state index in [1.54, 1.807) is 29.2 Å². The van der Waals surface area contributed by atoms with Gasteiger partial charge in [-0.05, 0) is 35.9 Å². The molecule has 29 heavy (non-hydrogen) atoms. The number of nitrogens with zero attached hydrogens (tertiary/aromatic N) is 5. The molecule has 0 aliphatic carbocycles. The van der Waals surface area contributed by atoms with Gasteiger partial charge in [0.15, 0.2) is 0 Å². The van der Waals surface area contributed by atoms with Gasteiger partial charge in [-0.25, -0.2) is 4.98 Å². The van der Waals surface area contributed by atoms with Crippen LogP contribution >= 0.6 is 0 Å². The number of hydrogen-bond donors (Lipinski definition) is 1. The van der Waals surface area contributed by atoms with Gasteiger partial charge in [0.25, 0.3) is 11.6 Å². The van der Waals surface area contributed by atoms with Gasteiger partial charge in [0, 0.05) is 42.1 Å². The van der Waals surface area contributed by atoms with Crippen molar-refractivity contribution in [2.24, 2.45) is 0 Å². The van der Waals surface area contributed by atoms with Gasteiger partial charge in [-0.2, -0.15) is 5.10 Å². The molecule has 0 unspecified atom stereocenters. The van der Waals surface area contributed by atoms with E-state index in [2.05, 4.69) is 15.4 Å². The van der Waals surface area contributed by atoms with E-state index in [0.717, 1.165) is 5.56 Å². The molecule has 144 valence electrons. The quantitative estimate of drug-likeness (QED) is 0.403. The van der Waals surface area contributed by atoms with E-state index >= 15 is 0 Å². The highest BCUT2D eigenvalue weighted by molar-refractivity contribution is 6.05.